The van der Waals surface area contributed by atoms with Gasteiger partial charge in [0.25, 0.3) is 5.91 Å². The Morgan fingerprint density at radius 3 is 2.48 bits per heavy atom. The van der Waals surface area contributed by atoms with Crippen LogP contribution in [-0.2, 0) is 14.3 Å². The van der Waals surface area contributed by atoms with Crippen LogP contribution in [0.1, 0.15) is 62.2 Å². The number of nitrogens with zero attached hydrogens (tertiary/aromatic N) is 1. The van der Waals surface area contributed by atoms with Gasteiger partial charge in [0.2, 0.25) is 5.78 Å². The van der Waals surface area contributed by atoms with Gasteiger partial charge >= 0.3 is 11.9 Å². The van der Waals surface area contributed by atoms with Crippen molar-refractivity contribution in [2.75, 3.05) is 26.3 Å². The average Bonchev–Trinajstić information content (AvgIpc) is 3.11. The first kappa shape index (κ1) is 24.2. The molecule has 1 aromatic heterocycles. The number of nitrogens with one attached hydrogen (secondary N) is 1. The Hall–Kier alpha value is -3.49. The Morgan fingerprint density at radius 1 is 1.12 bits per heavy atom. The molecule has 1 fully saturated rings. The number of ketones is 1. The molecule has 0 radical (unpaired) electrons. The van der Waals surface area contributed by atoms with Gasteiger partial charge in [-0.2, -0.15) is 0 Å². The van der Waals surface area contributed by atoms with Crippen molar-refractivity contribution < 1.29 is 33.0 Å². The third-order valence-corrected chi connectivity index (χ3v) is 5.67. The van der Waals surface area contributed by atoms with E-state index in [1.54, 1.807) is 20.8 Å². The van der Waals surface area contributed by atoms with Gasteiger partial charge in [0, 0.05) is 29.9 Å². The summed E-state index contributed by atoms with van der Waals surface area (Å²) in [5.74, 6) is -2.81. The predicted molar refractivity (Wildman–Crippen MR) is 117 cm³/mol. The number of aromatic nitrogens is 1. The maximum absolute atomic E-state index is 13.1. The molecule has 0 bridgehead atoms. The minimum absolute atomic E-state index is 0.165. The molecule has 0 spiro atoms. The van der Waals surface area contributed by atoms with E-state index in [2.05, 4.69) is 4.98 Å². The number of ether oxygens (including phenoxy) is 2. The van der Waals surface area contributed by atoms with Crippen molar-refractivity contribution in [1.29, 1.82) is 0 Å². The molecule has 1 atom stereocenters. The van der Waals surface area contributed by atoms with Crippen LogP contribution in [0.25, 0.3) is 0 Å². The third kappa shape index (κ3) is 5.47. The zero-order valence-electron chi connectivity index (χ0n) is 18.9. The second kappa shape index (κ2) is 10.4. The number of Topliss-reactive ketones (excluding diaryl/α,β-unsaturated/α-hetero) is 1. The standard InChI is InChI=1S/C24H27FN2O6/c1-4-32-24(31)21-14(2)20(15(3)26-21)19(28)13-33-23(30)17-6-5-11-27(12-17)22(29)16-7-9-18(25)10-8-16/h7-10,17,26H,4-6,11-13H2,1-3H3. The molecule has 3 rings (SSSR count). The molecule has 1 aliphatic rings. The largest absolute Gasteiger partial charge is 0.461 e. The van der Waals surface area contributed by atoms with E-state index < -0.39 is 36.1 Å². The number of carbonyl (C=O) groups excluding carboxylic acids is 4. The second-order valence-electron chi connectivity index (χ2n) is 7.97. The number of H-pyrrole nitrogens is 1. The Labute approximate surface area is 191 Å². The highest BCUT2D eigenvalue weighted by Crippen LogP contribution is 2.22. The molecule has 1 amide bonds. The summed E-state index contributed by atoms with van der Waals surface area (Å²) in [5.41, 5.74) is 1.77. The molecule has 1 unspecified atom stereocenters. The maximum atomic E-state index is 13.1. The van der Waals surface area contributed by atoms with Gasteiger partial charge in [-0.25, -0.2) is 9.18 Å². The summed E-state index contributed by atoms with van der Waals surface area (Å²) in [7, 11) is 0. The quantitative estimate of drug-likeness (QED) is 0.505. The fraction of sp³-hybridized carbons (Fsp3) is 0.417. The summed E-state index contributed by atoms with van der Waals surface area (Å²) in [6.45, 7) is 5.36. The van der Waals surface area contributed by atoms with Gasteiger partial charge < -0.3 is 19.4 Å². The van der Waals surface area contributed by atoms with Gasteiger partial charge in [-0.05, 0) is 63.4 Å². The van der Waals surface area contributed by atoms with Crippen molar-refractivity contribution in [3.63, 3.8) is 0 Å². The van der Waals surface area contributed by atoms with E-state index >= 15 is 0 Å². The molecule has 1 saturated heterocycles. The number of carbonyl (C=O) groups is 4. The summed E-state index contributed by atoms with van der Waals surface area (Å²) < 4.78 is 23.4. The lowest BCUT2D eigenvalue weighted by molar-refractivity contribution is -0.148. The predicted octanol–water partition coefficient (Wildman–Crippen LogP) is 3.23. The molecule has 2 heterocycles. The topological polar surface area (TPSA) is 106 Å². The molecule has 8 nitrogen and oxygen atoms in total. The van der Waals surface area contributed by atoms with Crippen LogP contribution in [-0.4, -0.2) is 59.8 Å². The van der Waals surface area contributed by atoms with Gasteiger partial charge in [0.05, 0.1) is 12.5 Å². The summed E-state index contributed by atoms with van der Waals surface area (Å²) in [6, 6.07) is 5.24. The zero-order chi connectivity index (χ0) is 24.1. The SMILES string of the molecule is CCOC(=O)c1[nH]c(C)c(C(=O)COC(=O)C2CCCN(C(=O)c3ccc(F)cc3)C2)c1C. The first-order valence-electron chi connectivity index (χ1n) is 10.8. The van der Waals surface area contributed by atoms with E-state index in [1.807, 2.05) is 0 Å². The first-order valence-corrected chi connectivity index (χ1v) is 10.8. The summed E-state index contributed by atoms with van der Waals surface area (Å²) in [5, 5.41) is 0. The van der Waals surface area contributed by atoms with Gasteiger partial charge in [-0.1, -0.05) is 0 Å². The molecule has 0 saturated carbocycles. The smallest absolute Gasteiger partial charge is 0.355 e. The van der Waals surface area contributed by atoms with Crippen LogP contribution in [0.2, 0.25) is 0 Å². The van der Waals surface area contributed by atoms with Crippen LogP contribution in [0.4, 0.5) is 4.39 Å². The lowest BCUT2D eigenvalue weighted by Crippen LogP contribution is -2.43. The number of likely N-dealkylation sites (tertiary alicyclic amines) is 1. The number of amides is 1. The van der Waals surface area contributed by atoms with Gasteiger partial charge in [-0.15, -0.1) is 0 Å². The lowest BCUT2D eigenvalue weighted by atomic mass is 9.97. The highest BCUT2D eigenvalue weighted by atomic mass is 19.1. The molecule has 1 aromatic carbocycles. The summed E-state index contributed by atoms with van der Waals surface area (Å²) in [6.07, 6.45) is 1.15. The summed E-state index contributed by atoms with van der Waals surface area (Å²) >= 11 is 0. The number of halogens is 1. The third-order valence-electron chi connectivity index (χ3n) is 5.67. The fourth-order valence-electron chi connectivity index (χ4n) is 4.03. The number of benzene rings is 1. The number of piperidine rings is 1. The van der Waals surface area contributed by atoms with Crippen LogP contribution in [0.15, 0.2) is 24.3 Å². The number of hydrogen-bond acceptors (Lipinski definition) is 6. The Bertz CT molecular complexity index is 1060. The lowest BCUT2D eigenvalue weighted by Gasteiger charge is -2.31. The van der Waals surface area contributed by atoms with Crippen molar-refractivity contribution >= 4 is 23.6 Å². The molecular weight excluding hydrogens is 431 g/mol. The fourth-order valence-corrected chi connectivity index (χ4v) is 4.03. The maximum Gasteiger partial charge on any atom is 0.355 e. The molecular formula is C24H27FN2O6. The number of rotatable bonds is 7. The number of aromatic amines is 1. The molecule has 0 aliphatic carbocycles. The van der Waals surface area contributed by atoms with E-state index in [0.29, 0.717) is 41.8 Å². The first-order chi connectivity index (χ1) is 15.7. The highest BCUT2D eigenvalue weighted by Gasteiger charge is 2.31. The van der Waals surface area contributed by atoms with E-state index in [4.69, 9.17) is 9.47 Å². The number of hydrogen-bond donors (Lipinski definition) is 1. The van der Waals surface area contributed by atoms with Gasteiger partial charge in [0.1, 0.15) is 11.5 Å². The molecule has 1 N–H and O–H groups in total. The van der Waals surface area contributed by atoms with Crippen molar-refractivity contribution in [2.24, 2.45) is 5.92 Å². The van der Waals surface area contributed by atoms with Gasteiger partial charge in [0.15, 0.2) is 6.61 Å². The Kier molecular flexibility index (Phi) is 7.63. The van der Waals surface area contributed by atoms with E-state index in [1.165, 1.54) is 29.2 Å². The van der Waals surface area contributed by atoms with E-state index in [9.17, 15) is 23.6 Å². The number of aryl methyl sites for hydroxylation is 1. The van der Waals surface area contributed by atoms with E-state index in [-0.39, 0.29) is 24.8 Å². The van der Waals surface area contributed by atoms with Crippen molar-refractivity contribution in [3.05, 3.63) is 58.2 Å². The van der Waals surface area contributed by atoms with Crippen LogP contribution in [0, 0.1) is 25.6 Å². The minimum Gasteiger partial charge on any atom is -0.461 e. The van der Waals surface area contributed by atoms with Crippen LogP contribution < -0.4 is 0 Å². The highest BCUT2D eigenvalue weighted by molar-refractivity contribution is 6.03. The van der Waals surface area contributed by atoms with Crippen molar-refractivity contribution in [1.82, 2.24) is 9.88 Å². The van der Waals surface area contributed by atoms with Gasteiger partial charge in [-0.3, -0.25) is 14.4 Å². The minimum atomic E-state index is -0.559. The Morgan fingerprint density at radius 2 is 1.82 bits per heavy atom. The monoisotopic (exact) mass is 458 g/mol. The molecule has 33 heavy (non-hydrogen) atoms. The summed E-state index contributed by atoms with van der Waals surface area (Å²) in [4.78, 5) is 54.4. The molecule has 1 aliphatic heterocycles. The molecule has 9 heteroatoms. The Balaban J connectivity index is 1.60. The average molecular weight is 458 g/mol. The second-order valence-corrected chi connectivity index (χ2v) is 7.97. The molecule has 2 aromatic rings. The number of esters is 2. The van der Waals surface area contributed by atoms with Crippen LogP contribution in [0.3, 0.4) is 0 Å². The van der Waals surface area contributed by atoms with Crippen LogP contribution >= 0.6 is 0 Å². The van der Waals surface area contributed by atoms with Crippen molar-refractivity contribution in [3.8, 4) is 0 Å². The van der Waals surface area contributed by atoms with E-state index in [0.717, 1.165) is 0 Å². The molecule has 176 valence electrons. The van der Waals surface area contributed by atoms with Crippen molar-refractivity contribution in [2.45, 2.75) is 33.6 Å². The normalized spacial score (nSPS) is 15.8. The van der Waals surface area contributed by atoms with Crippen LogP contribution in [0.5, 0.6) is 0 Å². The zero-order valence-corrected chi connectivity index (χ0v) is 18.9.